The smallest absolute Gasteiger partial charge is 0.276 e. The number of carbonyl (C=O) groups excluding carboxylic acids is 1. The Morgan fingerprint density at radius 1 is 1.06 bits per heavy atom. The van der Waals surface area contributed by atoms with E-state index in [1.165, 1.54) is 21.1 Å². The second-order valence-corrected chi connectivity index (χ2v) is 11.6. The van der Waals surface area contributed by atoms with E-state index in [0.29, 0.717) is 23.0 Å². The Morgan fingerprint density at radius 3 is 2.31 bits per heavy atom. The minimum absolute atomic E-state index is 0.0222. The number of sulfonamides is 1. The van der Waals surface area contributed by atoms with E-state index in [9.17, 15) is 18.0 Å². The van der Waals surface area contributed by atoms with Gasteiger partial charge < -0.3 is 5.32 Å². The number of nitrogens with zero attached hydrogens (tertiary/aromatic N) is 3. The lowest BCUT2D eigenvalue weighted by Gasteiger charge is -2.30. The normalized spacial score (nSPS) is 15.1. The molecule has 0 bridgehead atoms. The van der Waals surface area contributed by atoms with Crippen LogP contribution in [0.2, 0.25) is 0 Å². The molecule has 1 amide bonds. The van der Waals surface area contributed by atoms with Gasteiger partial charge in [0.1, 0.15) is 0 Å². The second-order valence-electron chi connectivity index (χ2n) is 9.57. The highest BCUT2D eigenvalue weighted by molar-refractivity contribution is 7.89. The molecule has 35 heavy (non-hydrogen) atoms. The summed E-state index contributed by atoms with van der Waals surface area (Å²) in [5.41, 5.74) is 0.360. The van der Waals surface area contributed by atoms with Crippen LogP contribution in [0.15, 0.2) is 58.2 Å². The molecule has 0 atom stereocenters. The predicted molar refractivity (Wildman–Crippen MR) is 137 cm³/mol. The Balaban J connectivity index is 1.58. The SMILES string of the molecule is CC(C)Cn1nc(C(=O)Nc2ccc(S(=O)(=O)N(C)C3CCCCC3)cc2)c2ccccc2c1=O. The zero-order valence-corrected chi connectivity index (χ0v) is 21.2. The summed E-state index contributed by atoms with van der Waals surface area (Å²) < 4.78 is 29.0. The summed E-state index contributed by atoms with van der Waals surface area (Å²) in [6, 6.07) is 13.1. The number of anilines is 1. The van der Waals surface area contributed by atoms with Crippen molar-refractivity contribution in [3.63, 3.8) is 0 Å². The zero-order valence-electron chi connectivity index (χ0n) is 20.4. The van der Waals surface area contributed by atoms with Crippen LogP contribution in [0, 0.1) is 5.92 Å². The van der Waals surface area contributed by atoms with Crippen molar-refractivity contribution in [1.29, 1.82) is 0 Å². The van der Waals surface area contributed by atoms with E-state index in [1.54, 1.807) is 43.4 Å². The molecule has 3 aromatic rings. The number of nitrogens with one attached hydrogen (secondary N) is 1. The molecule has 0 spiro atoms. The highest BCUT2D eigenvalue weighted by Crippen LogP contribution is 2.27. The van der Waals surface area contributed by atoms with E-state index < -0.39 is 15.9 Å². The third kappa shape index (κ3) is 5.31. The average Bonchev–Trinajstić information content (AvgIpc) is 2.86. The monoisotopic (exact) mass is 496 g/mol. The van der Waals surface area contributed by atoms with Crippen LogP contribution >= 0.6 is 0 Å². The van der Waals surface area contributed by atoms with Crippen LogP contribution in [0.4, 0.5) is 5.69 Å². The summed E-state index contributed by atoms with van der Waals surface area (Å²) in [4.78, 5) is 26.2. The fraction of sp³-hybridized carbons (Fsp3) is 0.423. The minimum atomic E-state index is -3.62. The standard InChI is InChI=1S/C26H32N4O4S/c1-18(2)17-30-26(32)23-12-8-7-11-22(23)24(28-30)25(31)27-19-13-15-21(16-14-19)35(33,34)29(3)20-9-5-4-6-10-20/h7-8,11-16,18,20H,4-6,9-10,17H2,1-3H3,(H,27,31). The topological polar surface area (TPSA) is 101 Å². The Morgan fingerprint density at radius 2 is 1.69 bits per heavy atom. The molecule has 2 aromatic carbocycles. The highest BCUT2D eigenvalue weighted by atomic mass is 32.2. The molecule has 1 aliphatic rings. The Kier molecular flexibility index (Phi) is 7.37. The number of aromatic nitrogens is 2. The maximum absolute atomic E-state index is 13.2. The van der Waals surface area contributed by atoms with Gasteiger partial charge >= 0.3 is 0 Å². The molecule has 0 radical (unpaired) electrons. The van der Waals surface area contributed by atoms with Crippen molar-refractivity contribution in [2.45, 2.75) is 63.4 Å². The Bertz CT molecular complexity index is 1370. The number of hydrogen-bond acceptors (Lipinski definition) is 5. The molecular formula is C26H32N4O4S. The average molecular weight is 497 g/mol. The number of rotatable bonds is 7. The zero-order chi connectivity index (χ0) is 25.2. The summed E-state index contributed by atoms with van der Waals surface area (Å²) >= 11 is 0. The van der Waals surface area contributed by atoms with Gasteiger partial charge in [0.05, 0.1) is 10.3 Å². The quantitative estimate of drug-likeness (QED) is 0.527. The molecule has 8 nitrogen and oxygen atoms in total. The molecule has 1 aromatic heterocycles. The van der Waals surface area contributed by atoms with Crippen molar-refractivity contribution in [2.24, 2.45) is 5.92 Å². The molecule has 4 rings (SSSR count). The van der Waals surface area contributed by atoms with Crippen molar-refractivity contribution in [3.8, 4) is 0 Å². The van der Waals surface area contributed by atoms with Gasteiger partial charge in [0.2, 0.25) is 10.0 Å². The highest BCUT2D eigenvalue weighted by Gasteiger charge is 2.29. The van der Waals surface area contributed by atoms with Crippen LogP contribution in [0.1, 0.15) is 56.4 Å². The van der Waals surface area contributed by atoms with E-state index in [0.717, 1.165) is 32.1 Å². The van der Waals surface area contributed by atoms with Crippen LogP contribution < -0.4 is 10.9 Å². The number of benzene rings is 2. The molecule has 1 aliphatic carbocycles. The third-order valence-electron chi connectivity index (χ3n) is 6.50. The van der Waals surface area contributed by atoms with Crippen LogP contribution in [0.5, 0.6) is 0 Å². The van der Waals surface area contributed by atoms with Crippen LogP contribution in [-0.2, 0) is 16.6 Å². The molecule has 1 saturated carbocycles. The van der Waals surface area contributed by atoms with Crippen molar-refractivity contribution in [3.05, 3.63) is 64.6 Å². The molecule has 9 heteroatoms. The van der Waals surface area contributed by atoms with Crippen molar-refractivity contribution in [2.75, 3.05) is 12.4 Å². The molecule has 0 saturated heterocycles. The maximum atomic E-state index is 13.2. The van der Waals surface area contributed by atoms with Crippen molar-refractivity contribution < 1.29 is 13.2 Å². The van der Waals surface area contributed by atoms with Gasteiger partial charge in [0.15, 0.2) is 5.69 Å². The fourth-order valence-electron chi connectivity index (χ4n) is 4.58. The fourth-order valence-corrected chi connectivity index (χ4v) is 6.00. The molecule has 0 unspecified atom stereocenters. The van der Waals surface area contributed by atoms with Gasteiger partial charge in [0, 0.05) is 30.7 Å². The van der Waals surface area contributed by atoms with Gasteiger partial charge in [-0.05, 0) is 49.1 Å². The summed E-state index contributed by atoms with van der Waals surface area (Å²) in [5, 5.41) is 8.06. The summed E-state index contributed by atoms with van der Waals surface area (Å²) in [7, 11) is -1.97. The van der Waals surface area contributed by atoms with Crippen molar-refractivity contribution >= 4 is 32.4 Å². The number of amides is 1. The van der Waals surface area contributed by atoms with Crippen LogP contribution in [0.3, 0.4) is 0 Å². The van der Waals surface area contributed by atoms with Gasteiger partial charge in [-0.3, -0.25) is 9.59 Å². The minimum Gasteiger partial charge on any atom is -0.321 e. The van der Waals surface area contributed by atoms with Gasteiger partial charge in [-0.25, -0.2) is 13.1 Å². The second kappa shape index (κ2) is 10.3. The molecular weight excluding hydrogens is 464 g/mol. The van der Waals surface area contributed by atoms with Gasteiger partial charge in [0.25, 0.3) is 11.5 Å². The van der Waals surface area contributed by atoms with E-state index >= 15 is 0 Å². The number of hydrogen-bond donors (Lipinski definition) is 1. The van der Waals surface area contributed by atoms with Gasteiger partial charge in [-0.15, -0.1) is 0 Å². The van der Waals surface area contributed by atoms with E-state index in [4.69, 9.17) is 0 Å². The molecule has 1 N–H and O–H groups in total. The number of carbonyl (C=O) groups is 1. The summed E-state index contributed by atoms with van der Waals surface area (Å²) in [6.07, 6.45) is 5.00. The van der Waals surface area contributed by atoms with E-state index in [1.807, 2.05) is 13.8 Å². The van der Waals surface area contributed by atoms with Crippen LogP contribution in [-0.4, -0.2) is 41.5 Å². The first-order valence-electron chi connectivity index (χ1n) is 12.1. The van der Waals surface area contributed by atoms with Crippen molar-refractivity contribution in [1.82, 2.24) is 14.1 Å². The first kappa shape index (κ1) is 25.1. The van der Waals surface area contributed by atoms with E-state index in [-0.39, 0.29) is 28.1 Å². The predicted octanol–water partition coefficient (Wildman–Crippen LogP) is 4.26. The van der Waals surface area contributed by atoms with Crippen LogP contribution in [0.25, 0.3) is 10.8 Å². The Hall–Kier alpha value is -3.04. The summed E-state index contributed by atoms with van der Waals surface area (Å²) in [5.74, 6) is -0.285. The molecule has 1 heterocycles. The Labute approximate surface area is 206 Å². The number of fused-ring (bicyclic) bond motifs is 1. The largest absolute Gasteiger partial charge is 0.321 e. The molecule has 0 aliphatic heterocycles. The lowest BCUT2D eigenvalue weighted by atomic mass is 9.96. The first-order valence-corrected chi connectivity index (χ1v) is 13.5. The molecule has 186 valence electrons. The third-order valence-corrected chi connectivity index (χ3v) is 8.42. The summed E-state index contributed by atoms with van der Waals surface area (Å²) in [6.45, 7) is 4.35. The van der Waals surface area contributed by atoms with Gasteiger partial charge in [-0.1, -0.05) is 51.3 Å². The first-order chi connectivity index (χ1) is 16.7. The van der Waals surface area contributed by atoms with Gasteiger partial charge in [-0.2, -0.15) is 9.40 Å². The maximum Gasteiger partial charge on any atom is 0.276 e. The lowest BCUT2D eigenvalue weighted by Crippen LogP contribution is -2.38. The lowest BCUT2D eigenvalue weighted by molar-refractivity contribution is 0.102. The molecule has 1 fully saturated rings. The van der Waals surface area contributed by atoms with E-state index in [2.05, 4.69) is 10.4 Å².